The van der Waals surface area contributed by atoms with Crippen LogP contribution in [-0.4, -0.2) is 14.6 Å². The van der Waals surface area contributed by atoms with Crippen molar-refractivity contribution in [2.75, 3.05) is 4.72 Å². The summed E-state index contributed by atoms with van der Waals surface area (Å²) >= 11 is 1.44. The Morgan fingerprint density at radius 3 is 3.11 bits per heavy atom. The molecule has 0 aliphatic carbocycles. The van der Waals surface area contributed by atoms with Crippen molar-refractivity contribution < 1.29 is 0 Å². The van der Waals surface area contributed by atoms with Gasteiger partial charge in [-0.05, 0) is 42.3 Å². The highest BCUT2D eigenvalue weighted by Crippen LogP contribution is 2.23. The molecule has 1 N–H and O–H groups in total. The van der Waals surface area contributed by atoms with Gasteiger partial charge in [0.2, 0.25) is 0 Å². The van der Waals surface area contributed by atoms with Crippen molar-refractivity contribution in [1.82, 2.24) is 14.6 Å². The van der Waals surface area contributed by atoms with Gasteiger partial charge in [-0.15, -0.1) is 0 Å². The van der Waals surface area contributed by atoms with Crippen LogP contribution in [0.4, 0.5) is 5.69 Å². The number of nitrogens with zero attached hydrogens (tertiary/aromatic N) is 4. The topological polar surface area (TPSA) is 66.0 Å². The Labute approximate surface area is 114 Å². The fraction of sp³-hybridized carbons (Fsp3) is 0. The molecule has 0 spiro atoms. The van der Waals surface area contributed by atoms with Crippen LogP contribution < -0.4 is 4.72 Å². The molecule has 0 aliphatic heterocycles. The Morgan fingerprint density at radius 2 is 2.21 bits per heavy atom. The smallest absolute Gasteiger partial charge is 0.179 e. The maximum absolute atomic E-state index is 8.86. The molecule has 0 unspecified atom stereocenters. The zero-order chi connectivity index (χ0) is 13.1. The van der Waals surface area contributed by atoms with Crippen molar-refractivity contribution in [2.24, 2.45) is 0 Å². The number of hydrogen-bond donors (Lipinski definition) is 1. The first-order chi connectivity index (χ1) is 9.36. The van der Waals surface area contributed by atoms with Crippen LogP contribution in [0.2, 0.25) is 0 Å². The second-order valence-corrected chi connectivity index (χ2v) is 4.67. The molecule has 0 saturated carbocycles. The standard InChI is InChI=1S/C13H9N5S/c14-8-10-3-1-4-11(7-10)19-17-12-5-2-6-18-13(12)15-9-16-18/h1-7,9,17H. The van der Waals surface area contributed by atoms with Crippen molar-refractivity contribution in [3.63, 3.8) is 0 Å². The number of aromatic nitrogens is 3. The lowest BCUT2D eigenvalue weighted by Crippen LogP contribution is -1.93. The number of nitrogens with one attached hydrogen (secondary N) is 1. The predicted octanol–water partition coefficient (Wildman–Crippen LogP) is 2.72. The summed E-state index contributed by atoms with van der Waals surface area (Å²) in [5.74, 6) is 0. The quantitative estimate of drug-likeness (QED) is 0.739. The Balaban J connectivity index is 1.82. The van der Waals surface area contributed by atoms with E-state index in [4.69, 9.17) is 5.26 Å². The zero-order valence-electron chi connectivity index (χ0n) is 9.82. The third-order valence-electron chi connectivity index (χ3n) is 2.55. The van der Waals surface area contributed by atoms with Gasteiger partial charge in [-0.3, -0.25) is 0 Å². The number of rotatable bonds is 3. The Kier molecular flexibility index (Phi) is 3.04. The average Bonchev–Trinajstić information content (AvgIpc) is 2.94. The van der Waals surface area contributed by atoms with Gasteiger partial charge < -0.3 is 4.72 Å². The monoisotopic (exact) mass is 267 g/mol. The largest absolute Gasteiger partial charge is 0.322 e. The summed E-state index contributed by atoms with van der Waals surface area (Å²) in [7, 11) is 0. The van der Waals surface area contributed by atoms with E-state index >= 15 is 0 Å². The lowest BCUT2D eigenvalue weighted by molar-refractivity contribution is 0.962. The first kappa shape index (κ1) is 11.6. The minimum atomic E-state index is 0.646. The number of pyridine rings is 1. The fourth-order valence-electron chi connectivity index (χ4n) is 1.67. The van der Waals surface area contributed by atoms with Crippen molar-refractivity contribution in [1.29, 1.82) is 5.26 Å². The molecular formula is C13H9N5S. The van der Waals surface area contributed by atoms with E-state index in [0.29, 0.717) is 5.56 Å². The van der Waals surface area contributed by atoms with Crippen molar-refractivity contribution in [2.45, 2.75) is 4.90 Å². The van der Waals surface area contributed by atoms with Gasteiger partial charge in [0.1, 0.15) is 6.33 Å². The number of hydrogen-bond acceptors (Lipinski definition) is 5. The lowest BCUT2D eigenvalue weighted by atomic mass is 10.2. The van der Waals surface area contributed by atoms with Gasteiger partial charge in [0.05, 0.1) is 17.3 Å². The normalized spacial score (nSPS) is 10.3. The molecule has 3 rings (SSSR count). The third kappa shape index (κ3) is 2.37. The summed E-state index contributed by atoms with van der Waals surface area (Å²) in [4.78, 5) is 5.16. The van der Waals surface area contributed by atoms with E-state index in [1.54, 1.807) is 10.6 Å². The highest BCUT2D eigenvalue weighted by molar-refractivity contribution is 8.00. The predicted molar refractivity (Wildman–Crippen MR) is 73.6 cm³/mol. The number of benzene rings is 1. The molecule has 0 saturated heterocycles. The van der Waals surface area contributed by atoms with Crippen molar-refractivity contribution in [3.8, 4) is 6.07 Å². The minimum absolute atomic E-state index is 0.646. The first-order valence-corrected chi connectivity index (χ1v) is 6.40. The van der Waals surface area contributed by atoms with Crippen LogP contribution in [0.1, 0.15) is 5.56 Å². The molecule has 6 heteroatoms. The van der Waals surface area contributed by atoms with Crippen LogP contribution in [-0.2, 0) is 0 Å². The molecule has 3 aromatic rings. The van der Waals surface area contributed by atoms with Gasteiger partial charge in [0.15, 0.2) is 5.65 Å². The van der Waals surface area contributed by atoms with E-state index < -0.39 is 0 Å². The average molecular weight is 267 g/mol. The van der Waals surface area contributed by atoms with Crippen LogP contribution in [0.15, 0.2) is 53.8 Å². The zero-order valence-corrected chi connectivity index (χ0v) is 10.6. The van der Waals surface area contributed by atoms with Gasteiger partial charge in [-0.1, -0.05) is 6.07 Å². The van der Waals surface area contributed by atoms with Crippen LogP contribution in [0, 0.1) is 11.3 Å². The molecule has 0 aliphatic rings. The second kappa shape index (κ2) is 5.00. The number of anilines is 1. The molecule has 2 aromatic heterocycles. The van der Waals surface area contributed by atoms with Gasteiger partial charge in [0, 0.05) is 11.1 Å². The molecule has 2 heterocycles. The maximum atomic E-state index is 8.86. The molecule has 0 radical (unpaired) electrons. The molecule has 0 atom stereocenters. The van der Waals surface area contributed by atoms with Crippen LogP contribution in [0.25, 0.3) is 5.65 Å². The van der Waals surface area contributed by atoms with Crippen molar-refractivity contribution >= 4 is 23.3 Å². The molecule has 0 bridgehead atoms. The highest BCUT2D eigenvalue weighted by atomic mass is 32.2. The van der Waals surface area contributed by atoms with Crippen LogP contribution in [0.5, 0.6) is 0 Å². The summed E-state index contributed by atoms with van der Waals surface area (Å²) in [6.45, 7) is 0. The van der Waals surface area contributed by atoms with E-state index in [2.05, 4.69) is 20.9 Å². The molecule has 0 amide bonds. The SMILES string of the molecule is N#Cc1cccc(SNc2cccn3ncnc23)c1. The fourth-order valence-corrected chi connectivity index (χ4v) is 2.39. The van der Waals surface area contributed by atoms with Crippen LogP contribution >= 0.6 is 11.9 Å². The lowest BCUT2D eigenvalue weighted by Gasteiger charge is -2.06. The molecular weight excluding hydrogens is 258 g/mol. The molecule has 92 valence electrons. The summed E-state index contributed by atoms with van der Waals surface area (Å²) in [6.07, 6.45) is 3.36. The number of fused-ring (bicyclic) bond motifs is 1. The summed E-state index contributed by atoms with van der Waals surface area (Å²) < 4.78 is 4.93. The number of nitriles is 1. The third-order valence-corrected chi connectivity index (χ3v) is 3.36. The van der Waals surface area contributed by atoms with Crippen molar-refractivity contribution in [3.05, 3.63) is 54.5 Å². The van der Waals surface area contributed by atoms with Gasteiger partial charge in [-0.2, -0.15) is 10.4 Å². The molecule has 19 heavy (non-hydrogen) atoms. The Bertz CT molecular complexity index is 759. The van der Waals surface area contributed by atoms with E-state index in [1.807, 2.05) is 36.5 Å². The molecule has 0 fully saturated rings. The van der Waals surface area contributed by atoms with E-state index in [1.165, 1.54) is 18.3 Å². The van der Waals surface area contributed by atoms with Gasteiger partial charge in [-0.25, -0.2) is 9.50 Å². The van der Waals surface area contributed by atoms with Gasteiger partial charge >= 0.3 is 0 Å². The second-order valence-electron chi connectivity index (χ2n) is 3.79. The molecule has 1 aromatic carbocycles. The molecule has 5 nitrogen and oxygen atoms in total. The Hall–Kier alpha value is -2.52. The summed E-state index contributed by atoms with van der Waals surface area (Å²) in [6, 6.07) is 13.4. The first-order valence-electron chi connectivity index (χ1n) is 5.58. The minimum Gasteiger partial charge on any atom is -0.322 e. The van der Waals surface area contributed by atoms with E-state index in [9.17, 15) is 0 Å². The summed E-state index contributed by atoms with van der Waals surface area (Å²) in [5, 5.41) is 12.9. The van der Waals surface area contributed by atoms with E-state index in [-0.39, 0.29) is 0 Å². The van der Waals surface area contributed by atoms with E-state index in [0.717, 1.165) is 16.2 Å². The van der Waals surface area contributed by atoms with Crippen LogP contribution in [0.3, 0.4) is 0 Å². The Morgan fingerprint density at radius 1 is 1.26 bits per heavy atom. The van der Waals surface area contributed by atoms with Gasteiger partial charge in [0.25, 0.3) is 0 Å². The summed E-state index contributed by atoms with van der Waals surface area (Å²) in [5.41, 5.74) is 2.30. The maximum Gasteiger partial charge on any atom is 0.179 e. The highest BCUT2D eigenvalue weighted by Gasteiger charge is 2.03.